The maximum Gasteiger partial charge on any atom is 0.123 e. The second-order valence-corrected chi connectivity index (χ2v) is 4.48. The minimum atomic E-state index is -0.174. The topological polar surface area (TPSA) is 38.0 Å². The Morgan fingerprint density at radius 2 is 2.33 bits per heavy atom. The van der Waals surface area contributed by atoms with Crippen molar-refractivity contribution in [3.63, 3.8) is 0 Å². The van der Waals surface area contributed by atoms with Crippen molar-refractivity contribution in [2.75, 3.05) is 0 Å². The quantitative estimate of drug-likeness (QED) is 0.585. The number of rotatable bonds is 4. The van der Waals surface area contributed by atoms with Crippen molar-refractivity contribution >= 4 is 0 Å². The molecule has 0 amide bonds. The first kappa shape index (κ1) is 10.6. The molecule has 2 nitrogen and oxygen atoms in total. The molecule has 15 heavy (non-hydrogen) atoms. The molecule has 1 aromatic rings. The van der Waals surface area contributed by atoms with Gasteiger partial charge in [-0.2, -0.15) is 0 Å². The van der Waals surface area contributed by atoms with E-state index in [9.17, 15) is 4.39 Å². The van der Waals surface area contributed by atoms with Crippen molar-refractivity contribution in [3.8, 4) is 0 Å². The summed E-state index contributed by atoms with van der Waals surface area (Å²) in [5.74, 6) is 6.74. The first-order valence-electron chi connectivity index (χ1n) is 5.41. The van der Waals surface area contributed by atoms with Gasteiger partial charge in [0.1, 0.15) is 5.82 Å². The molecule has 2 rings (SSSR count). The van der Waals surface area contributed by atoms with Gasteiger partial charge in [0, 0.05) is 6.04 Å². The monoisotopic (exact) mass is 208 g/mol. The maximum atomic E-state index is 13.0. The first-order valence-corrected chi connectivity index (χ1v) is 5.41. The Morgan fingerprint density at radius 3 is 2.87 bits per heavy atom. The highest BCUT2D eigenvalue weighted by molar-refractivity contribution is 5.18. The molecular weight excluding hydrogens is 191 g/mol. The first-order chi connectivity index (χ1) is 7.20. The molecule has 1 aliphatic carbocycles. The molecule has 1 aliphatic rings. The van der Waals surface area contributed by atoms with E-state index >= 15 is 0 Å². The van der Waals surface area contributed by atoms with Gasteiger partial charge in [0.05, 0.1) is 0 Å². The van der Waals surface area contributed by atoms with E-state index in [2.05, 4.69) is 12.3 Å². The fourth-order valence-corrected chi connectivity index (χ4v) is 2.16. The van der Waals surface area contributed by atoms with Crippen molar-refractivity contribution in [1.82, 2.24) is 5.43 Å². The number of hydrogen-bond donors (Lipinski definition) is 2. The summed E-state index contributed by atoms with van der Waals surface area (Å²) < 4.78 is 13.0. The Labute approximate surface area is 89.6 Å². The average Bonchev–Trinajstić information content (AvgIpc) is 2.92. The molecule has 0 radical (unpaired) electrons. The minimum Gasteiger partial charge on any atom is -0.271 e. The predicted molar refractivity (Wildman–Crippen MR) is 58.5 cm³/mol. The number of nitrogens with one attached hydrogen (secondary N) is 1. The third kappa shape index (κ3) is 2.55. The predicted octanol–water partition coefficient (Wildman–Crippen LogP) is 1.86. The highest BCUT2D eigenvalue weighted by Crippen LogP contribution is 2.41. The molecule has 3 unspecified atom stereocenters. The van der Waals surface area contributed by atoms with Crippen LogP contribution in [-0.2, 0) is 6.42 Å². The Kier molecular flexibility index (Phi) is 3.03. The summed E-state index contributed by atoms with van der Waals surface area (Å²) in [4.78, 5) is 0. The second-order valence-electron chi connectivity index (χ2n) is 4.48. The average molecular weight is 208 g/mol. The molecule has 0 spiro atoms. The van der Waals surface area contributed by atoms with Crippen molar-refractivity contribution in [2.24, 2.45) is 17.7 Å². The van der Waals surface area contributed by atoms with Crippen LogP contribution in [-0.4, -0.2) is 6.04 Å². The highest BCUT2D eigenvalue weighted by atomic mass is 19.1. The molecule has 0 bridgehead atoms. The van der Waals surface area contributed by atoms with Crippen molar-refractivity contribution in [2.45, 2.75) is 25.8 Å². The summed E-state index contributed by atoms with van der Waals surface area (Å²) in [5, 5.41) is 0. The van der Waals surface area contributed by atoms with Gasteiger partial charge in [0.2, 0.25) is 0 Å². The van der Waals surface area contributed by atoms with E-state index in [4.69, 9.17) is 5.84 Å². The van der Waals surface area contributed by atoms with Crippen LogP contribution in [0.5, 0.6) is 0 Å². The third-order valence-corrected chi connectivity index (χ3v) is 3.25. The van der Waals surface area contributed by atoms with E-state index in [1.165, 1.54) is 12.5 Å². The zero-order valence-electron chi connectivity index (χ0n) is 8.91. The fraction of sp³-hybridized carbons (Fsp3) is 0.500. The van der Waals surface area contributed by atoms with E-state index in [-0.39, 0.29) is 11.9 Å². The summed E-state index contributed by atoms with van der Waals surface area (Å²) in [5.41, 5.74) is 3.85. The Balaban J connectivity index is 2.00. The van der Waals surface area contributed by atoms with Gasteiger partial charge in [-0.1, -0.05) is 19.1 Å². The Hall–Kier alpha value is -0.930. The SMILES string of the molecule is CC1CC1C(Cc1cccc(F)c1)NN. The van der Waals surface area contributed by atoms with Gasteiger partial charge < -0.3 is 0 Å². The maximum absolute atomic E-state index is 13.0. The van der Waals surface area contributed by atoms with E-state index in [1.54, 1.807) is 12.1 Å². The molecule has 0 saturated heterocycles. The zero-order chi connectivity index (χ0) is 10.8. The van der Waals surface area contributed by atoms with E-state index in [0.29, 0.717) is 5.92 Å². The van der Waals surface area contributed by atoms with Gasteiger partial charge in [-0.3, -0.25) is 11.3 Å². The van der Waals surface area contributed by atoms with E-state index in [0.717, 1.165) is 17.9 Å². The van der Waals surface area contributed by atoms with Gasteiger partial charge in [-0.05, 0) is 42.4 Å². The van der Waals surface area contributed by atoms with E-state index in [1.807, 2.05) is 6.07 Å². The Morgan fingerprint density at radius 1 is 1.60 bits per heavy atom. The van der Waals surface area contributed by atoms with Crippen LogP contribution in [0.25, 0.3) is 0 Å². The lowest BCUT2D eigenvalue weighted by Crippen LogP contribution is -2.38. The molecule has 1 saturated carbocycles. The van der Waals surface area contributed by atoms with Crippen LogP contribution in [0.2, 0.25) is 0 Å². The summed E-state index contributed by atoms with van der Waals surface area (Å²) in [6.07, 6.45) is 2.04. The molecule has 0 aromatic heterocycles. The molecule has 3 N–H and O–H groups in total. The van der Waals surface area contributed by atoms with E-state index < -0.39 is 0 Å². The van der Waals surface area contributed by atoms with Gasteiger partial charge in [-0.15, -0.1) is 0 Å². The standard InChI is InChI=1S/C12H17FN2/c1-8-5-11(8)12(15-14)7-9-3-2-4-10(13)6-9/h2-4,6,8,11-12,15H,5,7,14H2,1H3. The number of hydrazine groups is 1. The minimum absolute atomic E-state index is 0.174. The number of nitrogens with two attached hydrogens (primary N) is 1. The summed E-state index contributed by atoms with van der Waals surface area (Å²) >= 11 is 0. The van der Waals surface area contributed by atoms with Gasteiger partial charge >= 0.3 is 0 Å². The van der Waals surface area contributed by atoms with Crippen LogP contribution in [0.3, 0.4) is 0 Å². The summed E-state index contributed by atoms with van der Waals surface area (Å²) in [6.45, 7) is 2.22. The van der Waals surface area contributed by atoms with Gasteiger partial charge in [0.15, 0.2) is 0 Å². The lowest BCUT2D eigenvalue weighted by atomic mass is 10.0. The molecule has 0 heterocycles. The molecule has 0 aliphatic heterocycles. The van der Waals surface area contributed by atoms with Crippen molar-refractivity contribution in [3.05, 3.63) is 35.6 Å². The van der Waals surface area contributed by atoms with Crippen molar-refractivity contribution in [1.29, 1.82) is 0 Å². The lowest BCUT2D eigenvalue weighted by molar-refractivity contribution is 0.453. The summed E-state index contributed by atoms with van der Waals surface area (Å²) in [7, 11) is 0. The molecule has 3 atom stereocenters. The number of hydrogen-bond acceptors (Lipinski definition) is 2. The molecule has 82 valence electrons. The fourth-order valence-electron chi connectivity index (χ4n) is 2.16. The molecule has 1 aromatic carbocycles. The van der Waals surface area contributed by atoms with Crippen LogP contribution >= 0.6 is 0 Å². The lowest BCUT2D eigenvalue weighted by Gasteiger charge is -2.15. The highest BCUT2D eigenvalue weighted by Gasteiger charge is 2.38. The van der Waals surface area contributed by atoms with Crippen LogP contribution < -0.4 is 11.3 Å². The normalized spacial score (nSPS) is 26.3. The van der Waals surface area contributed by atoms with Crippen LogP contribution in [0, 0.1) is 17.7 Å². The van der Waals surface area contributed by atoms with Crippen LogP contribution in [0.4, 0.5) is 4.39 Å². The second kappa shape index (κ2) is 4.29. The van der Waals surface area contributed by atoms with Crippen molar-refractivity contribution < 1.29 is 4.39 Å². The molecular formula is C12H17FN2. The number of halogens is 1. The van der Waals surface area contributed by atoms with Gasteiger partial charge in [0.25, 0.3) is 0 Å². The van der Waals surface area contributed by atoms with Gasteiger partial charge in [-0.25, -0.2) is 4.39 Å². The molecule has 3 heteroatoms. The smallest absolute Gasteiger partial charge is 0.123 e. The Bertz CT molecular complexity index is 340. The van der Waals surface area contributed by atoms with Crippen LogP contribution in [0.15, 0.2) is 24.3 Å². The van der Waals surface area contributed by atoms with Crippen LogP contribution in [0.1, 0.15) is 18.9 Å². The number of benzene rings is 1. The summed E-state index contributed by atoms with van der Waals surface area (Å²) in [6, 6.07) is 7.02. The zero-order valence-corrected chi connectivity index (χ0v) is 8.91. The third-order valence-electron chi connectivity index (χ3n) is 3.25. The largest absolute Gasteiger partial charge is 0.271 e. The molecule has 1 fully saturated rings.